The van der Waals surface area contributed by atoms with Gasteiger partial charge in [-0.1, -0.05) is 36.0 Å². The van der Waals surface area contributed by atoms with Gasteiger partial charge in [0.15, 0.2) is 5.16 Å². The molecule has 0 saturated carbocycles. The summed E-state index contributed by atoms with van der Waals surface area (Å²) in [5, 5.41) is 13.8. The van der Waals surface area contributed by atoms with Crippen LogP contribution in [0.1, 0.15) is 17.6 Å². The van der Waals surface area contributed by atoms with Gasteiger partial charge < -0.3 is 5.32 Å². The lowest BCUT2D eigenvalue weighted by Gasteiger charge is -2.13. The summed E-state index contributed by atoms with van der Waals surface area (Å²) < 4.78 is 1.97. The number of hydrogen-bond donors (Lipinski definition) is 1. The standard InChI is InChI=1S/C17H18N4OS2/c1-12(16(22)18-11-15-9-6-10-23-15)24-17-20-19-13(2)21(17)14-7-4-3-5-8-14/h3-10,12H,11H2,1-2H3,(H,18,22). The Morgan fingerprint density at radius 3 is 2.75 bits per heavy atom. The number of thioether (sulfide) groups is 1. The smallest absolute Gasteiger partial charge is 0.233 e. The summed E-state index contributed by atoms with van der Waals surface area (Å²) in [7, 11) is 0. The van der Waals surface area contributed by atoms with E-state index in [9.17, 15) is 4.79 Å². The monoisotopic (exact) mass is 358 g/mol. The second-order valence-corrected chi connectivity index (χ2v) is 7.60. The van der Waals surface area contributed by atoms with Gasteiger partial charge in [0, 0.05) is 10.6 Å². The van der Waals surface area contributed by atoms with Gasteiger partial charge in [-0.3, -0.25) is 9.36 Å². The van der Waals surface area contributed by atoms with Crippen molar-refractivity contribution < 1.29 is 4.79 Å². The Morgan fingerprint density at radius 2 is 2.04 bits per heavy atom. The molecule has 5 nitrogen and oxygen atoms in total. The Bertz CT molecular complexity index is 799. The summed E-state index contributed by atoms with van der Waals surface area (Å²) >= 11 is 3.05. The Morgan fingerprint density at radius 1 is 1.25 bits per heavy atom. The van der Waals surface area contributed by atoms with Gasteiger partial charge in [0.2, 0.25) is 5.91 Å². The van der Waals surface area contributed by atoms with Crippen molar-refractivity contribution in [3.63, 3.8) is 0 Å². The first-order valence-electron chi connectivity index (χ1n) is 7.59. The second-order valence-electron chi connectivity index (χ2n) is 5.26. The van der Waals surface area contributed by atoms with E-state index in [1.807, 2.05) is 66.3 Å². The number of carbonyl (C=O) groups excluding carboxylic acids is 1. The van der Waals surface area contributed by atoms with E-state index < -0.39 is 0 Å². The van der Waals surface area contributed by atoms with E-state index in [0.29, 0.717) is 6.54 Å². The van der Waals surface area contributed by atoms with E-state index in [4.69, 9.17) is 0 Å². The predicted molar refractivity (Wildman–Crippen MR) is 97.6 cm³/mol. The van der Waals surface area contributed by atoms with Gasteiger partial charge >= 0.3 is 0 Å². The molecule has 0 aliphatic heterocycles. The van der Waals surface area contributed by atoms with Crippen LogP contribution < -0.4 is 5.32 Å². The number of aromatic nitrogens is 3. The first-order chi connectivity index (χ1) is 11.6. The lowest BCUT2D eigenvalue weighted by atomic mass is 10.3. The first-order valence-corrected chi connectivity index (χ1v) is 9.35. The quantitative estimate of drug-likeness (QED) is 0.686. The molecule has 24 heavy (non-hydrogen) atoms. The molecule has 0 saturated heterocycles. The van der Waals surface area contributed by atoms with Gasteiger partial charge in [-0.25, -0.2) is 0 Å². The van der Waals surface area contributed by atoms with E-state index in [0.717, 1.165) is 21.5 Å². The second kappa shape index (κ2) is 7.63. The highest BCUT2D eigenvalue weighted by atomic mass is 32.2. The number of rotatable bonds is 6. The van der Waals surface area contributed by atoms with E-state index >= 15 is 0 Å². The summed E-state index contributed by atoms with van der Waals surface area (Å²) in [4.78, 5) is 13.5. The van der Waals surface area contributed by atoms with Gasteiger partial charge in [-0.15, -0.1) is 21.5 Å². The normalized spacial score (nSPS) is 12.1. The fraction of sp³-hybridized carbons (Fsp3) is 0.235. The molecule has 0 aliphatic rings. The Kier molecular flexibility index (Phi) is 5.32. The van der Waals surface area contributed by atoms with Crippen molar-refractivity contribution in [3.05, 3.63) is 58.5 Å². The molecule has 0 aliphatic carbocycles. The topological polar surface area (TPSA) is 59.8 Å². The number of aryl methyl sites for hydroxylation is 1. The van der Waals surface area contributed by atoms with E-state index in [2.05, 4.69) is 15.5 Å². The molecule has 3 aromatic rings. The molecule has 2 heterocycles. The largest absolute Gasteiger partial charge is 0.350 e. The maximum absolute atomic E-state index is 12.3. The first kappa shape index (κ1) is 16.7. The number of nitrogens with one attached hydrogen (secondary N) is 1. The molecule has 0 bridgehead atoms. The lowest BCUT2D eigenvalue weighted by Crippen LogP contribution is -2.30. The fourth-order valence-electron chi connectivity index (χ4n) is 2.24. The van der Waals surface area contributed by atoms with Crippen molar-refractivity contribution in [2.24, 2.45) is 0 Å². The number of nitrogens with zero attached hydrogens (tertiary/aromatic N) is 3. The number of benzene rings is 1. The van der Waals surface area contributed by atoms with Crippen molar-refractivity contribution in [1.29, 1.82) is 0 Å². The van der Waals surface area contributed by atoms with Crippen LogP contribution in [0.2, 0.25) is 0 Å². The Hall–Kier alpha value is -2.12. The molecule has 124 valence electrons. The average Bonchev–Trinajstić information content (AvgIpc) is 3.23. The molecule has 0 spiro atoms. The molecular weight excluding hydrogens is 340 g/mol. The van der Waals surface area contributed by atoms with Crippen molar-refractivity contribution in [1.82, 2.24) is 20.1 Å². The van der Waals surface area contributed by atoms with E-state index in [-0.39, 0.29) is 11.2 Å². The fourth-order valence-corrected chi connectivity index (χ4v) is 3.82. The lowest BCUT2D eigenvalue weighted by molar-refractivity contribution is -0.120. The molecule has 1 atom stereocenters. The molecule has 0 fully saturated rings. The minimum Gasteiger partial charge on any atom is -0.350 e. The SMILES string of the molecule is Cc1nnc(SC(C)C(=O)NCc2cccs2)n1-c1ccccc1. The summed E-state index contributed by atoms with van der Waals surface area (Å²) in [6, 6.07) is 13.9. The third kappa shape index (κ3) is 3.85. The number of carbonyl (C=O) groups is 1. The van der Waals surface area contributed by atoms with Crippen molar-refractivity contribution in [3.8, 4) is 5.69 Å². The number of thiophene rings is 1. The minimum atomic E-state index is -0.254. The highest BCUT2D eigenvalue weighted by molar-refractivity contribution is 8.00. The maximum atomic E-state index is 12.3. The van der Waals surface area contributed by atoms with Gasteiger partial charge in [-0.2, -0.15) is 0 Å². The van der Waals surface area contributed by atoms with Gasteiger partial charge in [0.05, 0.1) is 11.8 Å². The van der Waals surface area contributed by atoms with Crippen molar-refractivity contribution in [2.45, 2.75) is 30.8 Å². The predicted octanol–water partition coefficient (Wildman–Crippen LogP) is 3.43. The van der Waals surface area contributed by atoms with Crippen LogP contribution in [0.3, 0.4) is 0 Å². The molecule has 0 radical (unpaired) electrons. The molecule has 2 aromatic heterocycles. The van der Waals surface area contributed by atoms with Crippen LogP contribution in [0.25, 0.3) is 5.69 Å². The zero-order valence-corrected chi connectivity index (χ0v) is 15.1. The van der Waals surface area contributed by atoms with Gasteiger partial charge in [0.1, 0.15) is 5.82 Å². The van der Waals surface area contributed by atoms with Crippen LogP contribution in [-0.2, 0) is 11.3 Å². The molecule has 1 unspecified atom stereocenters. The number of hydrogen-bond acceptors (Lipinski definition) is 5. The molecular formula is C17H18N4OS2. The third-order valence-corrected chi connectivity index (χ3v) is 5.40. The van der Waals surface area contributed by atoms with Crippen LogP contribution in [0.5, 0.6) is 0 Å². The van der Waals surface area contributed by atoms with Crippen LogP contribution in [0.15, 0.2) is 53.0 Å². The molecule has 1 aromatic carbocycles. The van der Waals surface area contributed by atoms with Crippen molar-refractivity contribution in [2.75, 3.05) is 0 Å². The summed E-state index contributed by atoms with van der Waals surface area (Å²) in [6.07, 6.45) is 0. The van der Waals surface area contributed by atoms with Crippen molar-refractivity contribution >= 4 is 29.0 Å². The van der Waals surface area contributed by atoms with Crippen LogP contribution in [-0.4, -0.2) is 25.9 Å². The summed E-state index contributed by atoms with van der Waals surface area (Å²) in [5.41, 5.74) is 0.994. The summed E-state index contributed by atoms with van der Waals surface area (Å²) in [6.45, 7) is 4.35. The highest BCUT2D eigenvalue weighted by Crippen LogP contribution is 2.25. The van der Waals surface area contributed by atoms with Crippen LogP contribution in [0, 0.1) is 6.92 Å². The third-order valence-electron chi connectivity index (χ3n) is 3.48. The zero-order valence-electron chi connectivity index (χ0n) is 13.5. The van der Waals surface area contributed by atoms with Gasteiger partial charge in [0.25, 0.3) is 0 Å². The molecule has 1 amide bonds. The minimum absolute atomic E-state index is 0.00587. The summed E-state index contributed by atoms with van der Waals surface area (Å²) in [5.74, 6) is 0.795. The zero-order chi connectivity index (χ0) is 16.9. The van der Waals surface area contributed by atoms with Gasteiger partial charge in [-0.05, 0) is 37.4 Å². The molecule has 1 N–H and O–H groups in total. The number of para-hydroxylation sites is 1. The van der Waals surface area contributed by atoms with E-state index in [1.54, 1.807) is 11.3 Å². The van der Waals surface area contributed by atoms with E-state index in [1.165, 1.54) is 11.8 Å². The maximum Gasteiger partial charge on any atom is 0.233 e. The average molecular weight is 358 g/mol. The Balaban J connectivity index is 1.68. The van der Waals surface area contributed by atoms with Crippen LogP contribution in [0.4, 0.5) is 0 Å². The number of amides is 1. The highest BCUT2D eigenvalue weighted by Gasteiger charge is 2.19. The molecule has 7 heteroatoms. The van der Waals surface area contributed by atoms with Crippen LogP contribution >= 0.6 is 23.1 Å². The molecule has 3 rings (SSSR count). The Labute approximate surface area is 149 Å².